The Morgan fingerprint density at radius 3 is 2.00 bits per heavy atom. The van der Waals surface area contributed by atoms with E-state index >= 15 is 0 Å². The third-order valence-electron chi connectivity index (χ3n) is 1.60. The van der Waals surface area contributed by atoms with Crippen LogP contribution in [0.25, 0.3) is 0 Å². The molecule has 0 aromatic carbocycles. The van der Waals surface area contributed by atoms with Crippen LogP contribution >= 0.6 is 0 Å². The van der Waals surface area contributed by atoms with E-state index in [0.717, 1.165) is 12.1 Å². The summed E-state index contributed by atoms with van der Waals surface area (Å²) in [5, 5.41) is 0. The van der Waals surface area contributed by atoms with Crippen molar-refractivity contribution < 1.29 is 0 Å². The summed E-state index contributed by atoms with van der Waals surface area (Å²) in [6.07, 6.45) is 0. The van der Waals surface area contributed by atoms with Crippen molar-refractivity contribution in [3.63, 3.8) is 0 Å². The fraction of sp³-hybridized carbons (Fsp3) is 1.00. The van der Waals surface area contributed by atoms with Crippen molar-refractivity contribution in [2.24, 2.45) is 0 Å². The predicted octanol–water partition coefficient (Wildman–Crippen LogP) is 0.788. The molecule has 0 aliphatic rings. The van der Waals surface area contributed by atoms with Gasteiger partial charge in [-0.15, -0.1) is 0 Å². The second-order valence-electron chi connectivity index (χ2n) is 3.21. The lowest BCUT2D eigenvalue weighted by Crippen LogP contribution is -2.48. The van der Waals surface area contributed by atoms with Gasteiger partial charge in [-0.3, -0.25) is 0 Å². The topological polar surface area (TPSA) is 15.3 Å². The number of hydrogen-bond acceptors (Lipinski definition) is 2. The van der Waals surface area contributed by atoms with Crippen LogP contribution in [0.3, 0.4) is 0 Å². The summed E-state index contributed by atoms with van der Waals surface area (Å²) in [6, 6.07) is 0. The smallest absolute Gasteiger partial charge is 0.189 e. The fourth-order valence-electron chi connectivity index (χ4n) is 1.22. The predicted molar refractivity (Wildman–Crippen MR) is 49.6 cm³/mol. The zero-order valence-electron chi connectivity index (χ0n) is 7.81. The molecule has 0 aliphatic carbocycles. The Bertz CT molecular complexity index is 75.7. The minimum Gasteiger partial charge on any atom is -0.328 e. The summed E-state index contributed by atoms with van der Waals surface area (Å²) >= 11 is 0. The van der Waals surface area contributed by atoms with Gasteiger partial charge in [-0.2, -0.15) is 0 Å². The molecule has 0 aromatic heterocycles. The van der Waals surface area contributed by atoms with Crippen LogP contribution < -0.4 is 4.98 Å². The van der Waals surface area contributed by atoms with E-state index in [1.807, 2.05) is 0 Å². The Morgan fingerprint density at radius 1 is 1.40 bits per heavy atom. The van der Waals surface area contributed by atoms with Crippen molar-refractivity contribution in [3.05, 3.63) is 0 Å². The summed E-state index contributed by atoms with van der Waals surface area (Å²) in [4.78, 5) is 3.55. The first-order valence-electron chi connectivity index (χ1n) is 3.99. The normalized spacial score (nSPS) is 14.7. The van der Waals surface area contributed by atoms with Gasteiger partial charge >= 0.3 is 0 Å². The van der Waals surface area contributed by atoms with E-state index in [9.17, 15) is 0 Å². The van der Waals surface area contributed by atoms with E-state index in [1.54, 1.807) is 0 Å². The Balaban J connectivity index is 3.73. The van der Waals surface area contributed by atoms with Gasteiger partial charge in [0.15, 0.2) is 9.12 Å². The lowest BCUT2D eigenvalue weighted by Gasteiger charge is -2.26. The van der Waals surface area contributed by atoms with Gasteiger partial charge in [-0.1, -0.05) is 20.8 Å². The van der Waals surface area contributed by atoms with Crippen molar-refractivity contribution in [3.8, 4) is 0 Å². The molecule has 1 N–H and O–H groups in total. The van der Waals surface area contributed by atoms with E-state index in [-0.39, 0.29) is 0 Å². The van der Waals surface area contributed by atoms with Crippen LogP contribution in [0.1, 0.15) is 20.8 Å². The largest absolute Gasteiger partial charge is 0.328 e. The van der Waals surface area contributed by atoms with Gasteiger partial charge in [-0.25, -0.2) is 0 Å². The van der Waals surface area contributed by atoms with Gasteiger partial charge in [-0.05, 0) is 26.2 Å². The summed E-state index contributed by atoms with van der Waals surface area (Å²) < 4.78 is 2.36. The molecule has 0 aromatic rings. The molecule has 1 atom stereocenters. The van der Waals surface area contributed by atoms with Crippen LogP contribution in [0, 0.1) is 0 Å². The summed E-state index contributed by atoms with van der Waals surface area (Å²) in [6.45, 7) is 7.86. The van der Waals surface area contributed by atoms with Crippen LogP contribution in [-0.2, 0) is 0 Å². The minimum absolute atomic E-state index is 0.797. The lowest BCUT2D eigenvalue weighted by molar-refractivity contribution is 0.597. The molecule has 0 amide bonds. The van der Waals surface area contributed by atoms with E-state index < -0.39 is 9.12 Å². The molecule has 0 rings (SSSR count). The molecule has 62 valence electrons. The van der Waals surface area contributed by atoms with Crippen molar-refractivity contribution >= 4 is 9.12 Å². The Morgan fingerprint density at radius 2 is 1.90 bits per heavy atom. The molecule has 0 heterocycles. The molecule has 0 bridgehead atoms. The number of nitrogens with zero attached hydrogens (tertiary/aromatic N) is 1. The molecule has 0 saturated carbocycles. The first-order chi connectivity index (χ1) is 4.59. The van der Waals surface area contributed by atoms with Gasteiger partial charge in [0.25, 0.3) is 0 Å². The average Bonchev–Trinajstić information content (AvgIpc) is 1.81. The maximum atomic E-state index is 3.55. The molecular weight excluding hydrogens is 140 g/mol. The highest BCUT2D eigenvalue weighted by Crippen LogP contribution is 2.05. The molecular formula is C7H20N2Si. The molecule has 0 spiro atoms. The van der Waals surface area contributed by atoms with Gasteiger partial charge in [0.05, 0.1) is 0 Å². The van der Waals surface area contributed by atoms with Crippen LogP contribution in [-0.4, -0.2) is 34.3 Å². The van der Waals surface area contributed by atoms with Crippen LogP contribution in [0.15, 0.2) is 0 Å². The van der Waals surface area contributed by atoms with E-state index in [1.165, 1.54) is 0 Å². The number of rotatable bonds is 4. The fourth-order valence-corrected chi connectivity index (χ4v) is 3.67. The monoisotopic (exact) mass is 160 g/mol. The molecule has 0 fully saturated rings. The van der Waals surface area contributed by atoms with E-state index in [0.29, 0.717) is 0 Å². The molecule has 10 heavy (non-hydrogen) atoms. The third-order valence-corrected chi connectivity index (χ3v) is 4.80. The van der Waals surface area contributed by atoms with Crippen molar-refractivity contribution in [1.29, 1.82) is 0 Å². The standard InChI is InChI=1S/C7H20N2Si/c1-6-8-10(7(2)3)9(4)5/h7-8,10H,6H2,1-5H3. The average molecular weight is 160 g/mol. The zero-order valence-corrected chi connectivity index (χ0v) is 8.96. The summed E-state index contributed by atoms with van der Waals surface area (Å²) in [7, 11) is 3.54. The summed E-state index contributed by atoms with van der Waals surface area (Å²) in [5.74, 6) is 0. The molecule has 2 nitrogen and oxygen atoms in total. The first kappa shape index (κ1) is 10.1. The maximum Gasteiger partial charge on any atom is 0.189 e. The molecule has 1 unspecified atom stereocenters. The molecule has 0 aliphatic heterocycles. The SMILES string of the molecule is CCN[SiH](C(C)C)N(C)C. The second kappa shape index (κ2) is 4.88. The van der Waals surface area contributed by atoms with Gasteiger partial charge in [0.2, 0.25) is 0 Å². The van der Waals surface area contributed by atoms with E-state index in [2.05, 4.69) is 44.4 Å². The van der Waals surface area contributed by atoms with Crippen LogP contribution in [0.5, 0.6) is 0 Å². The lowest BCUT2D eigenvalue weighted by atomic mass is 10.6. The summed E-state index contributed by atoms with van der Waals surface area (Å²) in [5.41, 5.74) is 0.815. The van der Waals surface area contributed by atoms with Gasteiger partial charge in [0, 0.05) is 0 Å². The van der Waals surface area contributed by atoms with E-state index in [4.69, 9.17) is 0 Å². The zero-order chi connectivity index (χ0) is 8.15. The minimum atomic E-state index is -0.797. The van der Waals surface area contributed by atoms with Crippen LogP contribution in [0.4, 0.5) is 0 Å². The number of nitrogens with one attached hydrogen (secondary N) is 1. The molecule has 0 radical (unpaired) electrons. The van der Waals surface area contributed by atoms with Crippen molar-refractivity contribution in [2.75, 3.05) is 20.6 Å². The highest BCUT2D eigenvalue weighted by molar-refractivity contribution is 6.54. The van der Waals surface area contributed by atoms with Crippen molar-refractivity contribution in [2.45, 2.75) is 26.3 Å². The molecule has 0 saturated heterocycles. The molecule has 3 heteroatoms. The highest BCUT2D eigenvalue weighted by atomic mass is 28.3. The van der Waals surface area contributed by atoms with Gasteiger partial charge in [0.1, 0.15) is 0 Å². The number of hydrogen-bond donors (Lipinski definition) is 1. The van der Waals surface area contributed by atoms with Crippen LogP contribution in [0.2, 0.25) is 5.54 Å². The highest BCUT2D eigenvalue weighted by Gasteiger charge is 2.15. The Kier molecular flexibility index (Phi) is 4.94. The van der Waals surface area contributed by atoms with Gasteiger partial charge < -0.3 is 9.55 Å². The first-order valence-corrected chi connectivity index (χ1v) is 5.75. The second-order valence-corrected chi connectivity index (χ2v) is 6.87. The Labute approximate surface area is 66.4 Å². The third kappa shape index (κ3) is 3.34. The van der Waals surface area contributed by atoms with Crippen molar-refractivity contribution in [1.82, 2.24) is 9.55 Å². The maximum absolute atomic E-state index is 3.55. The quantitative estimate of drug-likeness (QED) is 0.612. The Hall–Kier alpha value is 0.137.